The van der Waals surface area contributed by atoms with Crippen molar-refractivity contribution in [3.63, 3.8) is 0 Å². The Labute approximate surface area is 87.0 Å². The van der Waals surface area contributed by atoms with Crippen LogP contribution in [0.4, 0.5) is 0 Å². The van der Waals surface area contributed by atoms with Gasteiger partial charge in [-0.15, -0.1) is 0 Å². The fraction of sp³-hybridized carbons (Fsp3) is 0.182. The van der Waals surface area contributed by atoms with Gasteiger partial charge in [0.2, 0.25) is 0 Å². The van der Waals surface area contributed by atoms with Gasteiger partial charge in [0.25, 0.3) is 0 Å². The summed E-state index contributed by atoms with van der Waals surface area (Å²) in [6, 6.07) is 1.76. The summed E-state index contributed by atoms with van der Waals surface area (Å²) in [6.45, 7) is 1.83. The summed E-state index contributed by atoms with van der Waals surface area (Å²) in [4.78, 5) is 19.7. The highest BCUT2D eigenvalue weighted by atomic mass is 16.3. The molecule has 0 aliphatic rings. The lowest BCUT2D eigenvalue weighted by molar-refractivity contribution is 0.0987. The molecule has 0 aliphatic carbocycles. The molecule has 0 aromatic carbocycles. The summed E-state index contributed by atoms with van der Waals surface area (Å²) in [5.74, 6) is -0.0519. The number of ketones is 1. The minimum absolute atomic E-state index is 0.0519. The lowest BCUT2D eigenvalue weighted by Gasteiger charge is -1.97. The van der Waals surface area contributed by atoms with Gasteiger partial charge in [-0.05, 0) is 18.6 Å². The minimum atomic E-state index is -0.0519. The monoisotopic (exact) mass is 202 g/mol. The van der Waals surface area contributed by atoms with Gasteiger partial charge in [-0.1, -0.05) is 0 Å². The zero-order valence-corrected chi connectivity index (χ0v) is 8.30. The van der Waals surface area contributed by atoms with Crippen molar-refractivity contribution in [1.82, 2.24) is 9.97 Å². The van der Waals surface area contributed by atoms with Crippen LogP contribution in [-0.2, 0) is 6.42 Å². The first-order valence-electron chi connectivity index (χ1n) is 4.58. The number of hydrogen-bond donors (Lipinski definition) is 0. The van der Waals surface area contributed by atoms with E-state index >= 15 is 0 Å². The van der Waals surface area contributed by atoms with Crippen molar-refractivity contribution in [2.75, 3.05) is 0 Å². The highest BCUT2D eigenvalue weighted by Crippen LogP contribution is 2.05. The Kier molecular flexibility index (Phi) is 2.58. The average molecular weight is 202 g/mol. The number of rotatable bonds is 3. The Hall–Kier alpha value is -1.97. The second-order valence-electron chi connectivity index (χ2n) is 3.27. The van der Waals surface area contributed by atoms with Gasteiger partial charge >= 0.3 is 0 Å². The van der Waals surface area contributed by atoms with E-state index in [0.717, 1.165) is 11.3 Å². The van der Waals surface area contributed by atoms with Crippen molar-refractivity contribution in [3.8, 4) is 0 Å². The predicted octanol–water partition coefficient (Wildman–Crippen LogP) is 1.80. The molecule has 0 fully saturated rings. The van der Waals surface area contributed by atoms with Crippen LogP contribution < -0.4 is 0 Å². The van der Waals surface area contributed by atoms with Crippen LogP contribution in [0.2, 0.25) is 0 Å². The summed E-state index contributed by atoms with van der Waals surface area (Å²) in [7, 11) is 0. The molecule has 0 N–H and O–H groups in total. The molecule has 0 atom stereocenters. The number of hydrogen-bond acceptors (Lipinski definition) is 4. The van der Waals surface area contributed by atoms with Crippen molar-refractivity contribution in [1.29, 1.82) is 0 Å². The van der Waals surface area contributed by atoms with E-state index in [2.05, 4.69) is 9.97 Å². The number of furan rings is 1. The number of aromatic nitrogens is 2. The third kappa shape index (κ3) is 2.28. The van der Waals surface area contributed by atoms with E-state index in [-0.39, 0.29) is 5.78 Å². The molecule has 0 saturated carbocycles. The third-order valence-electron chi connectivity index (χ3n) is 2.01. The summed E-state index contributed by atoms with van der Waals surface area (Å²) in [6.07, 6.45) is 6.48. The molecule has 76 valence electrons. The van der Waals surface area contributed by atoms with E-state index in [1.165, 1.54) is 6.20 Å². The number of Topliss-reactive ketones (excluding diaryl/α,β-unsaturated/α-hetero) is 1. The molecule has 0 bridgehead atoms. The van der Waals surface area contributed by atoms with E-state index in [4.69, 9.17) is 4.42 Å². The van der Waals surface area contributed by atoms with Crippen LogP contribution in [0.15, 0.2) is 35.4 Å². The summed E-state index contributed by atoms with van der Waals surface area (Å²) in [5.41, 5.74) is 2.04. The lowest BCUT2D eigenvalue weighted by atomic mass is 10.1. The van der Waals surface area contributed by atoms with Crippen LogP contribution in [0.5, 0.6) is 0 Å². The normalized spacial score (nSPS) is 10.2. The van der Waals surface area contributed by atoms with Crippen LogP contribution in [0.1, 0.15) is 21.7 Å². The first-order valence-corrected chi connectivity index (χ1v) is 4.58. The smallest absolute Gasteiger partial charge is 0.187 e. The predicted molar refractivity (Wildman–Crippen MR) is 53.5 cm³/mol. The van der Waals surface area contributed by atoms with Crippen molar-refractivity contribution >= 4 is 5.78 Å². The molecule has 0 unspecified atom stereocenters. The van der Waals surface area contributed by atoms with Gasteiger partial charge in [0, 0.05) is 12.6 Å². The largest absolute Gasteiger partial charge is 0.472 e. The highest BCUT2D eigenvalue weighted by molar-refractivity contribution is 5.95. The topological polar surface area (TPSA) is 56.0 Å². The molecule has 4 nitrogen and oxygen atoms in total. The molecule has 0 radical (unpaired) electrons. The maximum absolute atomic E-state index is 11.7. The Balaban J connectivity index is 2.11. The molecule has 2 heterocycles. The van der Waals surface area contributed by atoms with Crippen molar-refractivity contribution in [3.05, 3.63) is 47.9 Å². The molecule has 0 spiro atoms. The van der Waals surface area contributed by atoms with Crippen LogP contribution >= 0.6 is 0 Å². The average Bonchev–Trinajstić information content (AvgIpc) is 2.71. The number of nitrogens with zero attached hydrogens (tertiary/aromatic N) is 2. The Morgan fingerprint density at radius 1 is 1.40 bits per heavy atom. The van der Waals surface area contributed by atoms with E-state index in [1.54, 1.807) is 24.8 Å². The first kappa shape index (κ1) is 9.58. The fourth-order valence-electron chi connectivity index (χ4n) is 1.21. The zero-order valence-electron chi connectivity index (χ0n) is 8.30. The van der Waals surface area contributed by atoms with E-state index in [9.17, 15) is 4.79 Å². The molecular formula is C11H10N2O2. The van der Waals surface area contributed by atoms with Crippen molar-refractivity contribution < 1.29 is 9.21 Å². The van der Waals surface area contributed by atoms with Crippen LogP contribution in [0.25, 0.3) is 0 Å². The quantitative estimate of drug-likeness (QED) is 0.712. The van der Waals surface area contributed by atoms with E-state index < -0.39 is 0 Å². The summed E-state index contributed by atoms with van der Waals surface area (Å²) >= 11 is 0. The molecule has 0 aliphatic heterocycles. The van der Waals surface area contributed by atoms with Gasteiger partial charge < -0.3 is 4.42 Å². The number of carbonyl (C=O) groups excluding carboxylic acids is 1. The highest BCUT2D eigenvalue weighted by Gasteiger charge is 2.09. The molecule has 4 heteroatoms. The molecule has 0 amide bonds. The molecule has 2 rings (SSSR count). The molecule has 2 aromatic heterocycles. The zero-order chi connectivity index (χ0) is 10.7. The second kappa shape index (κ2) is 4.04. The van der Waals surface area contributed by atoms with Crippen molar-refractivity contribution in [2.24, 2.45) is 0 Å². The molecule has 2 aromatic rings. The van der Waals surface area contributed by atoms with Gasteiger partial charge in [0.05, 0.1) is 24.4 Å². The van der Waals surface area contributed by atoms with Crippen LogP contribution in [0.3, 0.4) is 0 Å². The lowest BCUT2D eigenvalue weighted by Crippen LogP contribution is -2.06. The maximum Gasteiger partial charge on any atom is 0.187 e. The molecule has 0 saturated heterocycles. The summed E-state index contributed by atoms with van der Waals surface area (Å²) < 4.78 is 4.88. The van der Waals surface area contributed by atoms with E-state index in [1.807, 2.05) is 6.92 Å². The number of aryl methyl sites for hydroxylation is 1. The van der Waals surface area contributed by atoms with Crippen LogP contribution in [-0.4, -0.2) is 15.8 Å². The van der Waals surface area contributed by atoms with Crippen LogP contribution in [0, 0.1) is 6.92 Å². The maximum atomic E-state index is 11.7. The second-order valence-corrected chi connectivity index (χ2v) is 3.27. The van der Waals surface area contributed by atoms with Crippen molar-refractivity contribution in [2.45, 2.75) is 13.3 Å². The van der Waals surface area contributed by atoms with Gasteiger partial charge in [-0.25, -0.2) is 4.98 Å². The van der Waals surface area contributed by atoms with E-state index in [0.29, 0.717) is 12.1 Å². The molecular weight excluding hydrogens is 192 g/mol. The molecule has 15 heavy (non-hydrogen) atoms. The van der Waals surface area contributed by atoms with Gasteiger partial charge in [0.1, 0.15) is 5.69 Å². The third-order valence-corrected chi connectivity index (χ3v) is 2.01. The van der Waals surface area contributed by atoms with Gasteiger partial charge in [-0.3, -0.25) is 9.78 Å². The minimum Gasteiger partial charge on any atom is -0.472 e. The SMILES string of the molecule is Cc1cnc(C(=O)Cc2ccoc2)cn1. The Morgan fingerprint density at radius 2 is 2.27 bits per heavy atom. The summed E-state index contributed by atoms with van der Waals surface area (Å²) in [5, 5.41) is 0. The fourth-order valence-corrected chi connectivity index (χ4v) is 1.21. The van der Waals surface area contributed by atoms with Gasteiger partial charge in [0.15, 0.2) is 5.78 Å². The standard InChI is InChI=1S/C11H10N2O2/c1-8-5-13-10(6-12-8)11(14)4-9-2-3-15-7-9/h2-3,5-7H,4H2,1H3. The Morgan fingerprint density at radius 3 is 2.87 bits per heavy atom. The number of carbonyl (C=O) groups is 1. The Bertz CT molecular complexity index is 446. The first-order chi connectivity index (χ1) is 7.25. The van der Waals surface area contributed by atoms with Gasteiger partial charge in [-0.2, -0.15) is 0 Å².